The average molecular weight is 265 g/mol. The smallest absolute Gasteiger partial charge is 0.227 e. The van der Waals surface area contributed by atoms with E-state index in [4.69, 9.17) is 0 Å². The van der Waals surface area contributed by atoms with Crippen molar-refractivity contribution < 1.29 is 9.90 Å². The van der Waals surface area contributed by atoms with Crippen molar-refractivity contribution in [2.75, 3.05) is 19.6 Å². The second-order valence-electron chi connectivity index (χ2n) is 4.95. The van der Waals surface area contributed by atoms with Crippen LogP contribution in [0.5, 0.6) is 0 Å². The van der Waals surface area contributed by atoms with Crippen LogP contribution in [0.1, 0.15) is 39.5 Å². The molecule has 17 heavy (non-hydrogen) atoms. The van der Waals surface area contributed by atoms with Gasteiger partial charge in [-0.15, -0.1) is 12.4 Å². The van der Waals surface area contributed by atoms with Crippen LogP contribution in [0.2, 0.25) is 0 Å². The molecule has 1 heterocycles. The van der Waals surface area contributed by atoms with Crippen molar-refractivity contribution in [1.82, 2.24) is 10.6 Å². The molecule has 4 nitrogen and oxygen atoms in total. The molecule has 0 aromatic carbocycles. The first kappa shape index (κ1) is 16.7. The fourth-order valence-electron chi connectivity index (χ4n) is 2.02. The number of carbonyl (C=O) groups excluding carboxylic acids is 1. The van der Waals surface area contributed by atoms with Crippen LogP contribution in [0.15, 0.2) is 0 Å². The molecule has 0 aliphatic carbocycles. The Morgan fingerprint density at radius 2 is 2.29 bits per heavy atom. The Labute approximate surface area is 110 Å². The van der Waals surface area contributed by atoms with Gasteiger partial charge in [0.15, 0.2) is 0 Å². The molecule has 1 rings (SSSR count). The lowest BCUT2D eigenvalue weighted by atomic mass is 9.82. The molecule has 0 radical (unpaired) electrons. The van der Waals surface area contributed by atoms with Gasteiger partial charge in [0, 0.05) is 13.1 Å². The first-order valence-electron chi connectivity index (χ1n) is 6.25. The molecule has 1 fully saturated rings. The zero-order valence-corrected chi connectivity index (χ0v) is 11.6. The summed E-state index contributed by atoms with van der Waals surface area (Å²) in [4.78, 5) is 12.0. The van der Waals surface area contributed by atoms with E-state index in [1.165, 1.54) is 0 Å². The highest BCUT2D eigenvalue weighted by Gasteiger charge is 2.34. The van der Waals surface area contributed by atoms with Crippen molar-refractivity contribution in [2.24, 2.45) is 5.41 Å². The van der Waals surface area contributed by atoms with Gasteiger partial charge in [-0.3, -0.25) is 4.79 Å². The molecule has 102 valence electrons. The van der Waals surface area contributed by atoms with Crippen molar-refractivity contribution in [1.29, 1.82) is 0 Å². The normalized spacial score (nSPS) is 25.8. The largest absolute Gasteiger partial charge is 0.393 e. The molecular formula is C12H25ClN2O2. The summed E-state index contributed by atoms with van der Waals surface area (Å²) in [5.74, 6) is 0.114. The Morgan fingerprint density at radius 1 is 1.59 bits per heavy atom. The molecule has 1 aliphatic heterocycles. The maximum Gasteiger partial charge on any atom is 0.227 e. The van der Waals surface area contributed by atoms with E-state index < -0.39 is 0 Å². The van der Waals surface area contributed by atoms with Crippen LogP contribution in [0, 0.1) is 5.41 Å². The topological polar surface area (TPSA) is 61.4 Å². The number of hydrogen-bond donors (Lipinski definition) is 3. The average Bonchev–Trinajstić information content (AvgIpc) is 2.29. The Morgan fingerprint density at radius 3 is 2.82 bits per heavy atom. The van der Waals surface area contributed by atoms with Crippen molar-refractivity contribution in [2.45, 2.75) is 45.6 Å². The monoisotopic (exact) mass is 264 g/mol. The fourth-order valence-corrected chi connectivity index (χ4v) is 2.02. The zero-order valence-electron chi connectivity index (χ0n) is 10.8. The highest BCUT2D eigenvalue weighted by molar-refractivity contribution is 5.85. The van der Waals surface area contributed by atoms with Gasteiger partial charge in [0.05, 0.1) is 11.5 Å². The highest BCUT2D eigenvalue weighted by atomic mass is 35.5. The van der Waals surface area contributed by atoms with Crippen LogP contribution in [0.3, 0.4) is 0 Å². The molecule has 0 saturated carbocycles. The lowest BCUT2D eigenvalue weighted by Gasteiger charge is -2.32. The molecule has 0 bridgehead atoms. The van der Waals surface area contributed by atoms with Gasteiger partial charge in [-0.1, -0.05) is 6.92 Å². The minimum atomic E-state index is -0.294. The van der Waals surface area contributed by atoms with E-state index in [1.807, 2.05) is 13.8 Å². The maximum atomic E-state index is 12.0. The number of aliphatic hydroxyl groups excluding tert-OH is 1. The second-order valence-corrected chi connectivity index (χ2v) is 4.95. The third-order valence-corrected chi connectivity index (χ3v) is 3.38. The van der Waals surface area contributed by atoms with E-state index in [0.29, 0.717) is 13.0 Å². The predicted octanol–water partition coefficient (Wildman–Crippen LogP) is 1.08. The minimum absolute atomic E-state index is 0. The Hall–Kier alpha value is -0.320. The molecule has 1 aliphatic rings. The van der Waals surface area contributed by atoms with Gasteiger partial charge in [0.1, 0.15) is 0 Å². The van der Waals surface area contributed by atoms with Crippen LogP contribution in [0.4, 0.5) is 0 Å². The molecule has 0 spiro atoms. The quantitative estimate of drug-likeness (QED) is 0.696. The van der Waals surface area contributed by atoms with Gasteiger partial charge >= 0.3 is 0 Å². The SMILES string of the molecule is CCC(O)CCNC(=O)C1(C)CCCNC1.Cl. The number of piperidine rings is 1. The molecule has 2 atom stereocenters. The molecule has 1 saturated heterocycles. The third kappa shape index (κ3) is 5.23. The van der Waals surface area contributed by atoms with Gasteiger partial charge in [0.2, 0.25) is 5.91 Å². The number of carbonyl (C=O) groups is 1. The van der Waals surface area contributed by atoms with Gasteiger partial charge in [-0.05, 0) is 39.2 Å². The van der Waals surface area contributed by atoms with E-state index in [9.17, 15) is 9.90 Å². The van der Waals surface area contributed by atoms with Crippen LogP contribution in [-0.2, 0) is 4.79 Å². The van der Waals surface area contributed by atoms with Gasteiger partial charge < -0.3 is 15.7 Å². The van der Waals surface area contributed by atoms with Crippen molar-refractivity contribution in [3.63, 3.8) is 0 Å². The molecule has 1 amide bonds. The number of nitrogens with one attached hydrogen (secondary N) is 2. The molecule has 5 heteroatoms. The van der Waals surface area contributed by atoms with Crippen LogP contribution >= 0.6 is 12.4 Å². The summed E-state index contributed by atoms with van der Waals surface area (Å²) in [6.07, 6.45) is 3.10. The summed E-state index contributed by atoms with van der Waals surface area (Å²) in [6.45, 7) is 6.29. The second kappa shape index (κ2) is 7.90. The molecule has 3 N–H and O–H groups in total. The Kier molecular flexibility index (Phi) is 7.75. The zero-order chi connectivity index (χ0) is 12.0. The molecule has 2 unspecified atom stereocenters. The minimum Gasteiger partial charge on any atom is -0.393 e. The Bertz CT molecular complexity index is 231. The van der Waals surface area contributed by atoms with E-state index >= 15 is 0 Å². The number of hydrogen-bond acceptors (Lipinski definition) is 3. The predicted molar refractivity (Wildman–Crippen MR) is 71.4 cm³/mol. The van der Waals surface area contributed by atoms with Gasteiger partial charge in [-0.25, -0.2) is 0 Å². The standard InChI is InChI=1S/C12H24N2O2.ClH/c1-3-10(15)5-8-14-11(16)12(2)6-4-7-13-9-12;/h10,13,15H,3-9H2,1-2H3,(H,14,16);1H. The van der Waals surface area contributed by atoms with E-state index in [1.54, 1.807) is 0 Å². The lowest BCUT2D eigenvalue weighted by molar-refractivity contribution is -0.131. The molecule has 0 aromatic heterocycles. The van der Waals surface area contributed by atoms with E-state index in [2.05, 4.69) is 10.6 Å². The summed E-state index contributed by atoms with van der Waals surface area (Å²) >= 11 is 0. The molecule has 0 aromatic rings. The third-order valence-electron chi connectivity index (χ3n) is 3.38. The maximum absolute atomic E-state index is 12.0. The van der Waals surface area contributed by atoms with Crippen molar-refractivity contribution >= 4 is 18.3 Å². The summed E-state index contributed by atoms with van der Waals surface area (Å²) in [5, 5.41) is 15.6. The van der Waals surface area contributed by atoms with E-state index in [-0.39, 0.29) is 29.8 Å². The van der Waals surface area contributed by atoms with Crippen molar-refractivity contribution in [3.05, 3.63) is 0 Å². The van der Waals surface area contributed by atoms with Crippen LogP contribution in [-0.4, -0.2) is 36.8 Å². The number of aliphatic hydroxyl groups is 1. The lowest BCUT2D eigenvalue weighted by Crippen LogP contribution is -2.49. The van der Waals surface area contributed by atoms with Gasteiger partial charge in [-0.2, -0.15) is 0 Å². The van der Waals surface area contributed by atoms with Crippen molar-refractivity contribution in [3.8, 4) is 0 Å². The number of amides is 1. The fraction of sp³-hybridized carbons (Fsp3) is 0.917. The first-order valence-corrected chi connectivity index (χ1v) is 6.25. The summed E-state index contributed by atoms with van der Waals surface area (Å²) in [7, 11) is 0. The first-order chi connectivity index (χ1) is 7.58. The highest BCUT2D eigenvalue weighted by Crippen LogP contribution is 2.25. The molecular weight excluding hydrogens is 240 g/mol. The van der Waals surface area contributed by atoms with E-state index in [0.717, 1.165) is 32.4 Å². The van der Waals surface area contributed by atoms with Gasteiger partial charge in [0.25, 0.3) is 0 Å². The Balaban J connectivity index is 0.00000256. The van der Waals surface area contributed by atoms with Crippen LogP contribution < -0.4 is 10.6 Å². The summed E-state index contributed by atoms with van der Waals surface area (Å²) in [6, 6.07) is 0. The summed E-state index contributed by atoms with van der Waals surface area (Å²) < 4.78 is 0. The summed E-state index contributed by atoms with van der Waals surface area (Å²) in [5.41, 5.74) is -0.268. The number of rotatable bonds is 5. The van der Waals surface area contributed by atoms with Crippen LogP contribution in [0.25, 0.3) is 0 Å². The number of halogens is 1.